The summed E-state index contributed by atoms with van der Waals surface area (Å²) in [6.07, 6.45) is 4.02. The minimum absolute atomic E-state index is 0.0955. The SMILES string of the molecule is Cc1nc2c(C#N)cnn2c(C)c1CCC(=O)Nc1ccnn1Cc1ccccc1. The minimum atomic E-state index is -0.0955. The van der Waals surface area contributed by atoms with Crippen molar-refractivity contribution in [1.29, 1.82) is 5.26 Å². The Hall–Kier alpha value is -3.99. The Morgan fingerprint density at radius 3 is 2.73 bits per heavy atom. The molecule has 0 aliphatic carbocycles. The molecule has 1 N–H and O–H groups in total. The van der Waals surface area contributed by atoms with Crippen LogP contribution < -0.4 is 5.32 Å². The third-order valence-corrected chi connectivity index (χ3v) is 5.09. The van der Waals surface area contributed by atoms with Crippen molar-refractivity contribution >= 4 is 17.4 Å². The van der Waals surface area contributed by atoms with E-state index in [0.29, 0.717) is 36.4 Å². The number of anilines is 1. The van der Waals surface area contributed by atoms with Crippen LogP contribution in [0.15, 0.2) is 48.8 Å². The maximum absolute atomic E-state index is 12.6. The fourth-order valence-electron chi connectivity index (χ4n) is 3.52. The fraction of sp³-hybridized carbons (Fsp3) is 0.227. The quantitative estimate of drug-likeness (QED) is 0.537. The second kappa shape index (κ2) is 8.17. The van der Waals surface area contributed by atoms with Crippen molar-refractivity contribution < 1.29 is 4.79 Å². The summed E-state index contributed by atoms with van der Waals surface area (Å²) >= 11 is 0. The van der Waals surface area contributed by atoms with Crippen molar-refractivity contribution in [3.63, 3.8) is 0 Å². The molecular weight excluding hydrogens is 378 g/mol. The minimum Gasteiger partial charge on any atom is -0.311 e. The molecule has 0 radical (unpaired) electrons. The zero-order chi connectivity index (χ0) is 21.1. The van der Waals surface area contributed by atoms with Gasteiger partial charge in [-0.25, -0.2) is 14.2 Å². The lowest BCUT2D eigenvalue weighted by molar-refractivity contribution is -0.116. The van der Waals surface area contributed by atoms with Crippen molar-refractivity contribution in [1.82, 2.24) is 24.4 Å². The van der Waals surface area contributed by atoms with E-state index < -0.39 is 0 Å². The molecule has 0 fully saturated rings. The Bertz CT molecular complexity index is 1250. The second-order valence-electron chi connectivity index (χ2n) is 7.07. The van der Waals surface area contributed by atoms with Gasteiger partial charge in [0, 0.05) is 23.9 Å². The third kappa shape index (κ3) is 3.78. The first kappa shape index (κ1) is 19.3. The topological polar surface area (TPSA) is 101 Å². The second-order valence-corrected chi connectivity index (χ2v) is 7.07. The van der Waals surface area contributed by atoms with E-state index in [1.807, 2.05) is 44.2 Å². The molecular formula is C22H21N7O. The summed E-state index contributed by atoms with van der Waals surface area (Å²) in [5, 5.41) is 20.7. The molecule has 150 valence electrons. The zero-order valence-corrected chi connectivity index (χ0v) is 16.8. The molecule has 0 saturated carbocycles. The number of carbonyl (C=O) groups is 1. The van der Waals surface area contributed by atoms with Gasteiger partial charge < -0.3 is 5.32 Å². The Morgan fingerprint density at radius 1 is 1.17 bits per heavy atom. The lowest BCUT2D eigenvalue weighted by Crippen LogP contribution is -2.17. The van der Waals surface area contributed by atoms with Crippen LogP contribution in [0, 0.1) is 25.2 Å². The molecule has 0 atom stereocenters. The van der Waals surface area contributed by atoms with Gasteiger partial charge in [-0.05, 0) is 31.4 Å². The molecule has 0 saturated heterocycles. The summed E-state index contributed by atoms with van der Waals surface area (Å²) in [5.74, 6) is 0.568. The number of benzene rings is 1. The number of fused-ring (bicyclic) bond motifs is 1. The van der Waals surface area contributed by atoms with Gasteiger partial charge in [0.15, 0.2) is 5.65 Å². The van der Waals surface area contributed by atoms with Gasteiger partial charge in [-0.1, -0.05) is 30.3 Å². The average Bonchev–Trinajstić information content (AvgIpc) is 3.35. The van der Waals surface area contributed by atoms with E-state index in [9.17, 15) is 10.1 Å². The van der Waals surface area contributed by atoms with Crippen LogP contribution in [0.2, 0.25) is 0 Å². The number of nitrogens with one attached hydrogen (secondary N) is 1. The van der Waals surface area contributed by atoms with Gasteiger partial charge in [-0.3, -0.25) is 4.79 Å². The van der Waals surface area contributed by atoms with Gasteiger partial charge in [-0.2, -0.15) is 15.5 Å². The molecule has 0 bridgehead atoms. The van der Waals surface area contributed by atoms with Crippen LogP contribution in [-0.2, 0) is 17.8 Å². The summed E-state index contributed by atoms with van der Waals surface area (Å²) < 4.78 is 3.43. The van der Waals surface area contributed by atoms with E-state index >= 15 is 0 Å². The summed E-state index contributed by atoms with van der Waals surface area (Å²) in [6, 6.07) is 13.9. The van der Waals surface area contributed by atoms with E-state index in [2.05, 4.69) is 26.6 Å². The highest BCUT2D eigenvalue weighted by Gasteiger charge is 2.15. The number of amides is 1. The molecule has 0 aliphatic heterocycles. The monoisotopic (exact) mass is 399 g/mol. The normalized spacial score (nSPS) is 10.8. The smallest absolute Gasteiger partial charge is 0.225 e. The van der Waals surface area contributed by atoms with Crippen LogP contribution in [0.4, 0.5) is 5.82 Å². The maximum atomic E-state index is 12.6. The summed E-state index contributed by atoms with van der Waals surface area (Å²) in [7, 11) is 0. The number of hydrogen-bond donors (Lipinski definition) is 1. The van der Waals surface area contributed by atoms with Crippen molar-refractivity contribution in [3.05, 3.63) is 76.9 Å². The maximum Gasteiger partial charge on any atom is 0.225 e. The molecule has 1 amide bonds. The number of nitriles is 1. The van der Waals surface area contributed by atoms with Crippen LogP contribution in [0.25, 0.3) is 5.65 Å². The first-order valence-electron chi connectivity index (χ1n) is 9.66. The van der Waals surface area contributed by atoms with Gasteiger partial charge in [0.1, 0.15) is 17.5 Å². The van der Waals surface area contributed by atoms with E-state index in [-0.39, 0.29) is 5.91 Å². The van der Waals surface area contributed by atoms with Gasteiger partial charge in [0.25, 0.3) is 0 Å². The highest BCUT2D eigenvalue weighted by molar-refractivity contribution is 5.90. The van der Waals surface area contributed by atoms with Gasteiger partial charge in [0.2, 0.25) is 5.91 Å². The van der Waals surface area contributed by atoms with Crippen LogP contribution in [0.1, 0.15) is 34.5 Å². The van der Waals surface area contributed by atoms with Crippen LogP contribution in [0.3, 0.4) is 0 Å². The molecule has 4 rings (SSSR count). The van der Waals surface area contributed by atoms with Crippen LogP contribution in [-0.4, -0.2) is 30.3 Å². The Morgan fingerprint density at radius 2 is 1.97 bits per heavy atom. The number of aryl methyl sites for hydroxylation is 2. The Kier molecular flexibility index (Phi) is 5.26. The Labute approximate surface area is 173 Å². The first-order chi connectivity index (χ1) is 14.6. The Balaban J connectivity index is 1.45. The predicted octanol–water partition coefficient (Wildman–Crippen LogP) is 3.03. The highest BCUT2D eigenvalue weighted by atomic mass is 16.1. The average molecular weight is 399 g/mol. The molecule has 30 heavy (non-hydrogen) atoms. The molecule has 4 aromatic rings. The summed E-state index contributed by atoms with van der Waals surface area (Å²) in [5.41, 5.74) is 4.75. The van der Waals surface area contributed by atoms with Gasteiger partial charge in [-0.15, -0.1) is 0 Å². The van der Waals surface area contributed by atoms with Crippen molar-refractivity contribution in [2.75, 3.05) is 5.32 Å². The number of carbonyl (C=O) groups excluding carboxylic acids is 1. The molecule has 3 aromatic heterocycles. The molecule has 8 heteroatoms. The number of aromatic nitrogens is 5. The van der Waals surface area contributed by atoms with Crippen molar-refractivity contribution in [3.8, 4) is 6.07 Å². The molecule has 0 aliphatic rings. The van der Waals surface area contributed by atoms with Gasteiger partial charge in [0.05, 0.1) is 18.9 Å². The van der Waals surface area contributed by atoms with Crippen LogP contribution in [0.5, 0.6) is 0 Å². The van der Waals surface area contributed by atoms with Gasteiger partial charge >= 0.3 is 0 Å². The standard InChI is InChI=1S/C22H21N7O/c1-15-19(16(2)29-22(26-15)18(12-23)13-25-29)8-9-21(30)27-20-10-11-24-28(20)14-17-6-4-3-5-7-17/h3-7,10-11,13H,8-9,14H2,1-2H3,(H,27,30). The fourth-order valence-corrected chi connectivity index (χ4v) is 3.52. The van der Waals surface area contributed by atoms with Crippen molar-refractivity contribution in [2.24, 2.45) is 0 Å². The predicted molar refractivity (Wildman–Crippen MR) is 112 cm³/mol. The lowest BCUT2D eigenvalue weighted by Gasteiger charge is -2.12. The van der Waals surface area contributed by atoms with E-state index in [1.165, 1.54) is 6.20 Å². The summed E-state index contributed by atoms with van der Waals surface area (Å²) in [6.45, 7) is 4.41. The number of rotatable bonds is 6. The third-order valence-electron chi connectivity index (χ3n) is 5.09. The van der Waals surface area contributed by atoms with E-state index in [4.69, 9.17) is 0 Å². The molecule has 0 spiro atoms. The summed E-state index contributed by atoms with van der Waals surface area (Å²) in [4.78, 5) is 17.1. The highest BCUT2D eigenvalue weighted by Crippen LogP contribution is 2.19. The number of hydrogen-bond acceptors (Lipinski definition) is 5. The lowest BCUT2D eigenvalue weighted by atomic mass is 10.1. The molecule has 3 heterocycles. The molecule has 0 unspecified atom stereocenters. The van der Waals surface area contributed by atoms with Crippen LogP contribution >= 0.6 is 0 Å². The molecule has 8 nitrogen and oxygen atoms in total. The zero-order valence-electron chi connectivity index (χ0n) is 16.8. The largest absolute Gasteiger partial charge is 0.311 e. The van der Waals surface area contributed by atoms with Crippen molar-refractivity contribution in [2.45, 2.75) is 33.2 Å². The first-order valence-corrected chi connectivity index (χ1v) is 9.66. The number of nitrogens with zero attached hydrogens (tertiary/aromatic N) is 6. The molecule has 1 aromatic carbocycles. The van der Waals surface area contributed by atoms with E-state index in [1.54, 1.807) is 21.5 Å². The van der Waals surface area contributed by atoms with E-state index in [0.717, 1.165) is 22.5 Å².